The Labute approximate surface area is 194 Å². The second kappa shape index (κ2) is 11.3. The van der Waals surface area contributed by atoms with Gasteiger partial charge < -0.3 is 20.1 Å². The van der Waals surface area contributed by atoms with E-state index in [1.165, 1.54) is 12.1 Å². The van der Waals surface area contributed by atoms with E-state index in [0.717, 1.165) is 31.0 Å². The van der Waals surface area contributed by atoms with Crippen LogP contribution < -0.4 is 15.4 Å². The van der Waals surface area contributed by atoms with Crippen molar-refractivity contribution >= 4 is 23.6 Å². The summed E-state index contributed by atoms with van der Waals surface area (Å²) in [4.78, 5) is 24.2. The van der Waals surface area contributed by atoms with Crippen molar-refractivity contribution in [2.24, 2.45) is 0 Å². The van der Waals surface area contributed by atoms with Crippen LogP contribution in [0.1, 0.15) is 24.0 Å². The number of rotatable bonds is 8. The molecule has 0 bridgehead atoms. The number of hydrogen-bond acceptors (Lipinski definition) is 5. The molecule has 2 aromatic carbocycles. The molecule has 2 amide bonds. The Morgan fingerprint density at radius 2 is 1.97 bits per heavy atom. The van der Waals surface area contributed by atoms with E-state index in [4.69, 9.17) is 9.47 Å². The molecule has 0 spiro atoms. The predicted molar refractivity (Wildman–Crippen MR) is 118 cm³/mol. The van der Waals surface area contributed by atoms with Gasteiger partial charge in [0.05, 0.1) is 11.7 Å². The first-order valence-electron chi connectivity index (χ1n) is 10.5. The third-order valence-electron chi connectivity index (χ3n) is 4.92. The van der Waals surface area contributed by atoms with Crippen LogP contribution in [0.4, 0.5) is 18.9 Å². The monoisotopic (exact) mass is 473 g/mol. The Morgan fingerprint density at radius 1 is 1.21 bits per heavy atom. The van der Waals surface area contributed by atoms with Crippen molar-refractivity contribution in [2.45, 2.75) is 25.1 Å². The number of hydrogen-bond donors (Lipinski definition) is 2. The van der Waals surface area contributed by atoms with Gasteiger partial charge in [-0.3, -0.25) is 9.59 Å². The highest BCUT2D eigenvalue weighted by molar-refractivity contribution is 6.09. The summed E-state index contributed by atoms with van der Waals surface area (Å²) in [5, 5.41) is 14.3. The molecule has 1 heterocycles. The van der Waals surface area contributed by atoms with E-state index < -0.39 is 17.6 Å². The van der Waals surface area contributed by atoms with Crippen LogP contribution in [-0.4, -0.2) is 37.7 Å². The van der Waals surface area contributed by atoms with Gasteiger partial charge in [-0.15, -0.1) is 0 Å². The number of benzene rings is 2. The average Bonchev–Trinajstić information content (AvgIpc) is 3.34. The van der Waals surface area contributed by atoms with Crippen molar-refractivity contribution < 1.29 is 32.2 Å². The lowest BCUT2D eigenvalue weighted by molar-refractivity contribution is -0.137. The molecule has 34 heavy (non-hydrogen) atoms. The minimum Gasteiger partial charge on any atom is -0.484 e. The molecule has 2 N–H and O–H groups in total. The van der Waals surface area contributed by atoms with Crippen LogP contribution in [0.15, 0.2) is 54.1 Å². The Balaban J connectivity index is 1.55. The number of ether oxygens (including phenoxy) is 2. The fraction of sp³-hybridized carbons (Fsp3) is 0.292. The van der Waals surface area contributed by atoms with Gasteiger partial charge in [-0.05, 0) is 54.8 Å². The van der Waals surface area contributed by atoms with Gasteiger partial charge >= 0.3 is 6.18 Å². The van der Waals surface area contributed by atoms with Gasteiger partial charge in [0, 0.05) is 18.8 Å². The Hall–Kier alpha value is -3.84. The SMILES string of the molecule is N#C/C(=C\c1ccc(OCC(=O)NC[C@@H]2CCCO2)cc1)C(=O)Nc1cccc(C(F)(F)F)c1. The van der Waals surface area contributed by atoms with E-state index in [9.17, 15) is 28.0 Å². The van der Waals surface area contributed by atoms with E-state index >= 15 is 0 Å². The molecular weight excluding hydrogens is 451 g/mol. The first-order chi connectivity index (χ1) is 16.2. The fourth-order valence-corrected chi connectivity index (χ4v) is 3.18. The Kier molecular flexibility index (Phi) is 8.27. The minimum atomic E-state index is -4.55. The maximum Gasteiger partial charge on any atom is 0.416 e. The first kappa shape index (κ1) is 24.8. The van der Waals surface area contributed by atoms with Crippen LogP contribution in [0.25, 0.3) is 6.08 Å². The molecule has 10 heteroatoms. The molecule has 0 aromatic heterocycles. The third kappa shape index (κ3) is 7.35. The number of halogens is 3. The standard InChI is InChI=1S/C24H22F3N3O4/c25-24(26,27)18-3-1-4-19(12-18)30-23(32)17(13-28)11-16-6-8-20(9-7-16)34-15-22(31)29-14-21-5-2-10-33-21/h1,3-4,6-9,11-12,21H,2,5,10,14-15H2,(H,29,31)(H,30,32)/b17-11+/t21-/m0/s1. The summed E-state index contributed by atoms with van der Waals surface area (Å²) in [5.41, 5.74) is -0.795. The number of nitriles is 1. The first-order valence-corrected chi connectivity index (χ1v) is 10.5. The summed E-state index contributed by atoms with van der Waals surface area (Å²) < 4.78 is 49.4. The summed E-state index contributed by atoms with van der Waals surface area (Å²) in [5.74, 6) is -0.709. The zero-order valence-electron chi connectivity index (χ0n) is 18.0. The van der Waals surface area contributed by atoms with Gasteiger partial charge in [-0.1, -0.05) is 18.2 Å². The molecule has 1 fully saturated rings. The molecule has 1 atom stereocenters. The highest BCUT2D eigenvalue weighted by atomic mass is 19.4. The minimum absolute atomic E-state index is 0.0372. The number of nitrogens with zero attached hydrogens (tertiary/aromatic N) is 1. The van der Waals surface area contributed by atoms with Crippen LogP contribution >= 0.6 is 0 Å². The topological polar surface area (TPSA) is 100 Å². The summed E-state index contributed by atoms with van der Waals surface area (Å²) >= 11 is 0. The third-order valence-corrected chi connectivity index (χ3v) is 4.92. The second-order valence-corrected chi connectivity index (χ2v) is 7.50. The molecule has 2 aromatic rings. The number of amides is 2. The molecule has 0 aliphatic carbocycles. The lowest BCUT2D eigenvalue weighted by atomic mass is 10.1. The quantitative estimate of drug-likeness (QED) is 0.447. The molecule has 0 radical (unpaired) electrons. The highest BCUT2D eigenvalue weighted by Gasteiger charge is 2.30. The van der Waals surface area contributed by atoms with Gasteiger partial charge in [0.2, 0.25) is 0 Å². The van der Waals surface area contributed by atoms with Crippen molar-refractivity contribution in [3.8, 4) is 11.8 Å². The molecule has 0 saturated carbocycles. The van der Waals surface area contributed by atoms with Gasteiger partial charge in [0.25, 0.3) is 11.8 Å². The molecule has 1 aliphatic heterocycles. The van der Waals surface area contributed by atoms with Crippen molar-refractivity contribution in [1.29, 1.82) is 5.26 Å². The average molecular weight is 473 g/mol. The van der Waals surface area contributed by atoms with Gasteiger partial charge in [-0.2, -0.15) is 18.4 Å². The normalized spacial score (nSPS) is 15.9. The fourth-order valence-electron chi connectivity index (χ4n) is 3.18. The van der Waals surface area contributed by atoms with Crippen LogP contribution in [0.3, 0.4) is 0 Å². The largest absolute Gasteiger partial charge is 0.484 e. The number of carbonyl (C=O) groups excluding carboxylic acids is 2. The number of anilines is 1. The maximum atomic E-state index is 12.8. The van der Waals surface area contributed by atoms with Crippen molar-refractivity contribution in [3.63, 3.8) is 0 Å². The van der Waals surface area contributed by atoms with Gasteiger partial charge in [0.1, 0.15) is 17.4 Å². The van der Waals surface area contributed by atoms with E-state index in [0.29, 0.717) is 24.5 Å². The Morgan fingerprint density at radius 3 is 2.62 bits per heavy atom. The van der Waals surface area contributed by atoms with Crippen LogP contribution in [0.5, 0.6) is 5.75 Å². The van der Waals surface area contributed by atoms with E-state index in [1.807, 2.05) is 0 Å². The van der Waals surface area contributed by atoms with E-state index in [-0.39, 0.29) is 29.9 Å². The number of carbonyl (C=O) groups is 2. The van der Waals surface area contributed by atoms with E-state index in [1.54, 1.807) is 30.3 Å². The molecular formula is C24H22F3N3O4. The summed E-state index contributed by atoms with van der Waals surface area (Å²) in [6.45, 7) is 0.967. The van der Waals surface area contributed by atoms with Crippen LogP contribution in [0, 0.1) is 11.3 Å². The van der Waals surface area contributed by atoms with Crippen LogP contribution in [0.2, 0.25) is 0 Å². The molecule has 3 rings (SSSR count). The lowest BCUT2D eigenvalue weighted by Gasteiger charge is -2.11. The van der Waals surface area contributed by atoms with Crippen molar-refractivity contribution in [2.75, 3.05) is 25.1 Å². The molecule has 1 saturated heterocycles. The number of alkyl halides is 3. The molecule has 7 nitrogen and oxygen atoms in total. The summed E-state index contributed by atoms with van der Waals surface area (Å²) in [7, 11) is 0. The summed E-state index contributed by atoms with van der Waals surface area (Å²) in [6, 6.07) is 12.2. The number of nitrogens with one attached hydrogen (secondary N) is 2. The van der Waals surface area contributed by atoms with Crippen LogP contribution in [-0.2, 0) is 20.5 Å². The summed E-state index contributed by atoms with van der Waals surface area (Å²) in [6.07, 6.45) is -1.32. The molecule has 1 aliphatic rings. The lowest BCUT2D eigenvalue weighted by Crippen LogP contribution is -2.35. The second-order valence-electron chi connectivity index (χ2n) is 7.50. The van der Waals surface area contributed by atoms with Crippen molar-refractivity contribution in [3.05, 3.63) is 65.2 Å². The zero-order chi connectivity index (χ0) is 24.6. The van der Waals surface area contributed by atoms with Gasteiger partial charge in [-0.25, -0.2) is 0 Å². The Bertz CT molecular complexity index is 1090. The maximum absolute atomic E-state index is 12.8. The predicted octanol–water partition coefficient (Wildman–Crippen LogP) is 3.93. The smallest absolute Gasteiger partial charge is 0.416 e. The van der Waals surface area contributed by atoms with E-state index in [2.05, 4.69) is 10.6 Å². The van der Waals surface area contributed by atoms with Gasteiger partial charge in [0.15, 0.2) is 6.61 Å². The zero-order valence-corrected chi connectivity index (χ0v) is 18.0. The molecule has 0 unspecified atom stereocenters. The molecule has 178 valence electrons. The highest BCUT2D eigenvalue weighted by Crippen LogP contribution is 2.30. The van der Waals surface area contributed by atoms with Crippen molar-refractivity contribution in [1.82, 2.24) is 5.32 Å².